The van der Waals surface area contributed by atoms with E-state index in [9.17, 15) is 9.90 Å². The molecule has 1 atom stereocenters. The van der Waals surface area contributed by atoms with Crippen LogP contribution in [0.1, 0.15) is 43.5 Å². The van der Waals surface area contributed by atoms with E-state index in [1.165, 1.54) is 18.5 Å². The van der Waals surface area contributed by atoms with Gasteiger partial charge in [-0.05, 0) is 19.4 Å². The van der Waals surface area contributed by atoms with Crippen molar-refractivity contribution in [1.82, 2.24) is 10.3 Å². The molecule has 0 spiro atoms. The fraction of sp³-hybridized carbons (Fsp3) is 0.500. The van der Waals surface area contributed by atoms with Crippen molar-refractivity contribution in [3.8, 4) is 5.75 Å². The molecule has 2 N–H and O–H groups in total. The lowest BCUT2D eigenvalue weighted by Crippen LogP contribution is -2.32. The highest BCUT2D eigenvalue weighted by Gasteiger charge is 2.09. The van der Waals surface area contributed by atoms with Crippen LogP contribution in [0.25, 0.3) is 0 Å². The molecule has 0 radical (unpaired) electrons. The fourth-order valence-corrected chi connectivity index (χ4v) is 1.44. The number of pyridine rings is 1. The van der Waals surface area contributed by atoms with E-state index >= 15 is 0 Å². The molecule has 0 saturated carbocycles. The summed E-state index contributed by atoms with van der Waals surface area (Å²) in [5.41, 5.74) is 0.392. The molecule has 0 bridgehead atoms. The minimum absolute atomic E-state index is 0.00820. The molecule has 4 nitrogen and oxygen atoms in total. The van der Waals surface area contributed by atoms with Crippen molar-refractivity contribution in [2.24, 2.45) is 0 Å². The van der Waals surface area contributed by atoms with E-state index in [1.54, 1.807) is 0 Å². The first-order chi connectivity index (χ1) is 7.63. The highest BCUT2D eigenvalue weighted by Crippen LogP contribution is 2.09. The molecule has 0 aliphatic carbocycles. The summed E-state index contributed by atoms with van der Waals surface area (Å²) >= 11 is 0. The lowest BCUT2D eigenvalue weighted by Gasteiger charge is -2.13. The highest BCUT2D eigenvalue weighted by molar-refractivity contribution is 5.94. The number of amides is 1. The van der Waals surface area contributed by atoms with Gasteiger partial charge in [0.2, 0.25) is 0 Å². The third kappa shape index (κ3) is 3.88. The Bertz CT molecular complexity index is 353. The number of unbranched alkanes of at least 4 members (excludes halogenated alkanes) is 1. The average molecular weight is 222 g/mol. The molecular formula is C12H18N2O2. The first-order valence-electron chi connectivity index (χ1n) is 5.58. The van der Waals surface area contributed by atoms with E-state index in [-0.39, 0.29) is 17.7 Å². The largest absolute Gasteiger partial charge is 0.506 e. The molecule has 1 aromatic rings. The van der Waals surface area contributed by atoms with Crippen molar-refractivity contribution >= 4 is 5.91 Å². The van der Waals surface area contributed by atoms with Crippen molar-refractivity contribution < 1.29 is 9.90 Å². The zero-order valence-corrected chi connectivity index (χ0v) is 9.73. The van der Waals surface area contributed by atoms with Crippen LogP contribution in [0.4, 0.5) is 0 Å². The topological polar surface area (TPSA) is 62.2 Å². The molecule has 16 heavy (non-hydrogen) atoms. The summed E-state index contributed by atoms with van der Waals surface area (Å²) < 4.78 is 0. The van der Waals surface area contributed by atoms with E-state index < -0.39 is 0 Å². The lowest BCUT2D eigenvalue weighted by atomic mass is 10.1. The quantitative estimate of drug-likeness (QED) is 0.802. The average Bonchev–Trinajstić information content (AvgIpc) is 2.26. The Balaban J connectivity index is 2.52. The summed E-state index contributed by atoms with van der Waals surface area (Å²) in [6.07, 6.45) is 5.93. The van der Waals surface area contributed by atoms with Crippen LogP contribution in [0, 0.1) is 0 Å². The van der Waals surface area contributed by atoms with Gasteiger partial charge in [0.1, 0.15) is 5.75 Å². The van der Waals surface area contributed by atoms with Crippen LogP contribution < -0.4 is 5.32 Å². The Labute approximate surface area is 95.7 Å². The molecule has 88 valence electrons. The number of carbonyl (C=O) groups is 1. The van der Waals surface area contributed by atoms with Crippen LogP contribution in [0.5, 0.6) is 5.75 Å². The summed E-state index contributed by atoms with van der Waals surface area (Å²) in [5.74, 6) is -0.180. The Morgan fingerprint density at radius 3 is 2.94 bits per heavy atom. The molecule has 4 heteroatoms. The summed E-state index contributed by atoms with van der Waals surface area (Å²) in [4.78, 5) is 15.5. The molecule has 0 aliphatic rings. The van der Waals surface area contributed by atoms with Gasteiger partial charge in [0.15, 0.2) is 0 Å². The molecule has 1 amide bonds. The van der Waals surface area contributed by atoms with Crippen molar-refractivity contribution in [2.75, 3.05) is 0 Å². The molecule has 1 rings (SSSR count). The fourth-order valence-electron chi connectivity index (χ4n) is 1.44. The minimum Gasteiger partial charge on any atom is -0.506 e. The maximum atomic E-state index is 11.7. The van der Waals surface area contributed by atoms with Gasteiger partial charge in [-0.25, -0.2) is 0 Å². The van der Waals surface area contributed by atoms with E-state index in [0.717, 1.165) is 19.3 Å². The van der Waals surface area contributed by atoms with E-state index in [4.69, 9.17) is 0 Å². The Morgan fingerprint density at radius 2 is 2.31 bits per heavy atom. The maximum Gasteiger partial charge on any atom is 0.253 e. The van der Waals surface area contributed by atoms with Crippen LogP contribution in [-0.4, -0.2) is 22.0 Å². The second-order valence-electron chi connectivity index (χ2n) is 3.95. The standard InChI is InChI=1S/C12H18N2O2/c1-3-4-5-9(2)14-12(16)10-6-11(15)8-13-7-10/h6-9,15H,3-5H2,1-2H3,(H,14,16). The van der Waals surface area contributed by atoms with E-state index in [0.29, 0.717) is 5.56 Å². The minimum atomic E-state index is -0.188. The molecule has 1 aromatic heterocycles. The molecule has 1 heterocycles. The molecule has 0 aromatic carbocycles. The van der Waals surface area contributed by atoms with Gasteiger partial charge < -0.3 is 10.4 Å². The van der Waals surface area contributed by atoms with E-state index in [2.05, 4.69) is 17.2 Å². The third-order valence-corrected chi connectivity index (χ3v) is 2.35. The number of nitrogens with zero attached hydrogens (tertiary/aromatic N) is 1. The predicted molar refractivity (Wildman–Crippen MR) is 62.4 cm³/mol. The Kier molecular flexibility index (Phi) is 4.76. The van der Waals surface area contributed by atoms with Gasteiger partial charge in [0, 0.05) is 12.2 Å². The molecular weight excluding hydrogens is 204 g/mol. The molecule has 1 unspecified atom stereocenters. The summed E-state index contributed by atoms with van der Waals surface area (Å²) in [6.45, 7) is 4.09. The van der Waals surface area contributed by atoms with Gasteiger partial charge in [-0.1, -0.05) is 19.8 Å². The molecule has 0 saturated heterocycles. The lowest BCUT2D eigenvalue weighted by molar-refractivity contribution is 0.0937. The smallest absolute Gasteiger partial charge is 0.253 e. The van der Waals surface area contributed by atoms with Gasteiger partial charge >= 0.3 is 0 Å². The number of nitrogens with one attached hydrogen (secondary N) is 1. The number of aromatic hydroxyl groups is 1. The zero-order chi connectivity index (χ0) is 12.0. The van der Waals surface area contributed by atoms with Gasteiger partial charge in [-0.3, -0.25) is 9.78 Å². The second-order valence-corrected chi connectivity index (χ2v) is 3.95. The normalized spacial score (nSPS) is 12.1. The van der Waals surface area contributed by atoms with Crippen LogP contribution in [0.3, 0.4) is 0 Å². The zero-order valence-electron chi connectivity index (χ0n) is 9.73. The van der Waals surface area contributed by atoms with Gasteiger partial charge in [0.05, 0.1) is 11.8 Å². The maximum absolute atomic E-state index is 11.7. The SMILES string of the molecule is CCCCC(C)NC(=O)c1cncc(O)c1. The molecule has 0 aliphatic heterocycles. The van der Waals surface area contributed by atoms with E-state index in [1.807, 2.05) is 6.92 Å². The van der Waals surface area contributed by atoms with Crippen molar-refractivity contribution in [3.05, 3.63) is 24.0 Å². The van der Waals surface area contributed by atoms with Crippen LogP contribution >= 0.6 is 0 Å². The highest BCUT2D eigenvalue weighted by atomic mass is 16.3. The summed E-state index contributed by atoms with van der Waals surface area (Å²) in [7, 11) is 0. The molecule has 0 fully saturated rings. The van der Waals surface area contributed by atoms with Crippen molar-refractivity contribution in [3.63, 3.8) is 0 Å². The van der Waals surface area contributed by atoms with Crippen LogP contribution in [-0.2, 0) is 0 Å². The number of hydrogen-bond donors (Lipinski definition) is 2. The first kappa shape index (κ1) is 12.5. The first-order valence-corrected chi connectivity index (χ1v) is 5.58. The third-order valence-electron chi connectivity index (χ3n) is 2.35. The van der Waals surface area contributed by atoms with Crippen molar-refractivity contribution in [2.45, 2.75) is 39.2 Å². The number of aromatic nitrogens is 1. The van der Waals surface area contributed by atoms with Gasteiger partial charge in [-0.2, -0.15) is 0 Å². The van der Waals surface area contributed by atoms with Crippen LogP contribution in [0.15, 0.2) is 18.5 Å². The van der Waals surface area contributed by atoms with Crippen molar-refractivity contribution in [1.29, 1.82) is 0 Å². The summed E-state index contributed by atoms with van der Waals surface area (Å²) in [5, 5.41) is 12.1. The van der Waals surface area contributed by atoms with Crippen LogP contribution in [0.2, 0.25) is 0 Å². The Morgan fingerprint density at radius 1 is 1.56 bits per heavy atom. The number of hydrogen-bond acceptors (Lipinski definition) is 3. The predicted octanol–water partition coefficient (Wildman–Crippen LogP) is 2.10. The second kappa shape index (κ2) is 6.10. The summed E-state index contributed by atoms with van der Waals surface area (Å²) in [6, 6.07) is 1.56. The van der Waals surface area contributed by atoms with Gasteiger partial charge in [0.25, 0.3) is 5.91 Å². The monoisotopic (exact) mass is 222 g/mol. The van der Waals surface area contributed by atoms with Gasteiger partial charge in [-0.15, -0.1) is 0 Å². The number of carbonyl (C=O) groups excluding carboxylic acids is 1. The number of rotatable bonds is 5. The Hall–Kier alpha value is -1.58.